The van der Waals surface area contributed by atoms with Crippen molar-refractivity contribution < 1.29 is 14.6 Å². The monoisotopic (exact) mass is 458 g/mol. The summed E-state index contributed by atoms with van der Waals surface area (Å²) in [7, 11) is 0. The maximum atomic E-state index is 13.6. The smallest absolute Gasteiger partial charge is 0.330 e. The summed E-state index contributed by atoms with van der Waals surface area (Å²) < 4.78 is 0. The molecular weight excluding hydrogens is 414 g/mol. The van der Waals surface area contributed by atoms with Crippen LogP contribution in [-0.2, 0) is 16.1 Å². The van der Waals surface area contributed by atoms with Crippen LogP contribution < -0.4 is 16.5 Å². The quantitative estimate of drug-likeness (QED) is 0.325. The summed E-state index contributed by atoms with van der Waals surface area (Å²) in [6, 6.07) is 9.92. The number of benzene rings is 1. The first-order chi connectivity index (χ1) is 15.5. The molecule has 1 amide bonds. The fraction of sp³-hybridized carbons (Fsp3) is 0.654. The number of rotatable bonds is 7. The zero-order valence-electron chi connectivity index (χ0n) is 21.0. The highest BCUT2D eigenvalue weighted by atomic mass is 16.2. The van der Waals surface area contributed by atoms with E-state index in [1.165, 1.54) is 0 Å². The van der Waals surface area contributed by atoms with Crippen molar-refractivity contribution in [2.45, 2.75) is 78.3 Å². The van der Waals surface area contributed by atoms with Gasteiger partial charge in [-0.3, -0.25) is 30.9 Å². The van der Waals surface area contributed by atoms with Crippen LogP contribution in [0.25, 0.3) is 0 Å². The first-order valence-electron chi connectivity index (χ1n) is 12.2. The van der Waals surface area contributed by atoms with Gasteiger partial charge in [-0.1, -0.05) is 57.0 Å². The summed E-state index contributed by atoms with van der Waals surface area (Å²) in [5.41, 5.74) is 11.5. The van der Waals surface area contributed by atoms with Crippen molar-refractivity contribution in [2.24, 2.45) is 16.9 Å². The van der Waals surface area contributed by atoms with Crippen LogP contribution >= 0.6 is 0 Å². The Labute approximate surface area is 199 Å². The summed E-state index contributed by atoms with van der Waals surface area (Å²) in [6.45, 7) is 10.9. The van der Waals surface area contributed by atoms with Gasteiger partial charge in [0.05, 0.1) is 19.6 Å². The van der Waals surface area contributed by atoms with E-state index < -0.39 is 5.41 Å². The average Bonchev–Trinajstić information content (AvgIpc) is 2.75. The summed E-state index contributed by atoms with van der Waals surface area (Å²) >= 11 is 0. The number of carbonyl (C=O) groups excluding carboxylic acids is 2. The van der Waals surface area contributed by atoms with E-state index in [0.29, 0.717) is 19.6 Å². The van der Waals surface area contributed by atoms with E-state index in [1.807, 2.05) is 44.2 Å². The van der Waals surface area contributed by atoms with Crippen molar-refractivity contribution in [3.8, 4) is 0 Å². The number of ketones is 1. The van der Waals surface area contributed by atoms with Gasteiger partial charge in [-0.25, -0.2) is 0 Å². The average molecular weight is 459 g/mol. The first kappa shape index (κ1) is 26.8. The fourth-order valence-corrected chi connectivity index (χ4v) is 4.36. The number of carbonyl (C=O) groups is 2. The second-order valence-electron chi connectivity index (χ2n) is 10.6. The molecule has 0 radical (unpaired) electrons. The Morgan fingerprint density at radius 2 is 1.64 bits per heavy atom. The van der Waals surface area contributed by atoms with Crippen molar-refractivity contribution >= 4 is 17.6 Å². The third-order valence-electron chi connectivity index (χ3n) is 6.86. The van der Waals surface area contributed by atoms with Gasteiger partial charge in [0.25, 0.3) is 0 Å². The Hall–Kier alpha value is -2.41. The molecule has 184 valence electrons. The van der Waals surface area contributed by atoms with E-state index in [0.717, 1.165) is 50.6 Å². The lowest BCUT2D eigenvalue weighted by Gasteiger charge is -2.40. The van der Waals surface area contributed by atoms with E-state index in [2.05, 4.69) is 23.7 Å². The van der Waals surface area contributed by atoms with Gasteiger partial charge in [-0.05, 0) is 51.6 Å². The first-order valence-corrected chi connectivity index (χ1v) is 12.2. The third-order valence-corrected chi connectivity index (χ3v) is 6.86. The minimum Gasteiger partial charge on any atom is -0.330 e. The minimum absolute atomic E-state index is 0.00862. The van der Waals surface area contributed by atoms with Crippen molar-refractivity contribution in [2.75, 3.05) is 26.2 Å². The van der Waals surface area contributed by atoms with E-state index in [1.54, 1.807) is 4.90 Å². The zero-order chi connectivity index (χ0) is 24.5. The van der Waals surface area contributed by atoms with E-state index in [9.17, 15) is 9.59 Å². The molecule has 1 aromatic rings. The van der Waals surface area contributed by atoms with Gasteiger partial charge in [0.2, 0.25) is 5.91 Å². The number of hydrogen-bond acceptors (Lipinski definition) is 3. The highest BCUT2D eigenvalue weighted by molar-refractivity contribution is 5.90. The third kappa shape index (κ3) is 8.80. The van der Waals surface area contributed by atoms with Crippen LogP contribution in [0, 0.1) is 5.41 Å². The molecule has 7 nitrogen and oxygen atoms in total. The van der Waals surface area contributed by atoms with Gasteiger partial charge in [0.15, 0.2) is 5.78 Å². The van der Waals surface area contributed by atoms with Crippen molar-refractivity contribution in [1.82, 2.24) is 9.80 Å². The minimum atomic E-state index is -0.424. The molecule has 7 heteroatoms. The van der Waals surface area contributed by atoms with Crippen LogP contribution in [0.5, 0.6) is 0 Å². The topological polar surface area (TPSA) is 107 Å². The molecule has 1 heterocycles. The van der Waals surface area contributed by atoms with Crippen molar-refractivity contribution in [3.63, 3.8) is 0 Å². The number of hydrogen-bond donors (Lipinski definition) is 3. The number of nitrogens with one attached hydrogen (secondary N) is 1. The SMILES string of the molecule is CC1(C)CCCCC(C)(C)N(CCCC[NH+]=C(N)N)CC(=O)N(Cc2ccccc2)CC1=O. The molecule has 0 aliphatic carbocycles. The van der Waals surface area contributed by atoms with Crippen LogP contribution in [0.2, 0.25) is 0 Å². The molecule has 5 N–H and O–H groups in total. The Kier molecular flexibility index (Phi) is 9.89. The summed E-state index contributed by atoms with van der Waals surface area (Å²) in [4.78, 5) is 33.7. The van der Waals surface area contributed by atoms with Gasteiger partial charge in [-0.2, -0.15) is 0 Å². The number of Topliss-reactive ketones (excluding diaryl/α,β-unsaturated/α-hetero) is 1. The number of nitrogens with two attached hydrogens (primary N) is 2. The molecule has 0 atom stereocenters. The number of amides is 1. The lowest BCUT2D eigenvalue weighted by Crippen LogP contribution is -2.78. The second-order valence-corrected chi connectivity index (χ2v) is 10.6. The molecule has 1 aromatic carbocycles. The maximum absolute atomic E-state index is 13.6. The van der Waals surface area contributed by atoms with E-state index >= 15 is 0 Å². The lowest BCUT2D eigenvalue weighted by atomic mass is 9.81. The van der Waals surface area contributed by atoms with Gasteiger partial charge in [0, 0.05) is 17.5 Å². The van der Waals surface area contributed by atoms with Crippen molar-refractivity contribution in [3.05, 3.63) is 35.9 Å². The number of unbranched alkanes of at least 4 members (excludes halogenated alkanes) is 1. The highest BCUT2D eigenvalue weighted by Crippen LogP contribution is 2.29. The molecule has 1 fully saturated rings. The molecule has 0 spiro atoms. The van der Waals surface area contributed by atoms with Crippen LogP contribution in [0.3, 0.4) is 0 Å². The molecule has 1 aliphatic rings. The standard InChI is InChI=1S/C26H43N5O2/c1-25(2)14-8-9-15-26(3,4)31(17-11-10-16-29-24(27)28)20-23(33)30(19-22(25)32)18-21-12-6-5-7-13-21/h5-7,12-13H,8-11,14-20H2,1-4H3,(H4,27,28,29)/p+1. The van der Waals surface area contributed by atoms with Crippen LogP contribution in [0.1, 0.15) is 71.8 Å². The highest BCUT2D eigenvalue weighted by Gasteiger charge is 2.34. The molecule has 1 aliphatic heterocycles. The Bertz CT molecular complexity index is 800. The van der Waals surface area contributed by atoms with Crippen molar-refractivity contribution in [1.29, 1.82) is 0 Å². The van der Waals surface area contributed by atoms with Crippen LogP contribution in [-0.4, -0.2) is 59.2 Å². The molecule has 1 saturated heterocycles. The number of guanidine groups is 1. The predicted molar refractivity (Wildman–Crippen MR) is 133 cm³/mol. The van der Waals surface area contributed by atoms with Gasteiger partial charge in [0.1, 0.15) is 0 Å². The Morgan fingerprint density at radius 3 is 2.30 bits per heavy atom. The van der Waals surface area contributed by atoms with E-state index in [4.69, 9.17) is 11.5 Å². The zero-order valence-corrected chi connectivity index (χ0v) is 21.0. The van der Waals surface area contributed by atoms with Gasteiger partial charge < -0.3 is 4.90 Å². The second kappa shape index (κ2) is 12.2. The lowest BCUT2D eigenvalue weighted by molar-refractivity contribution is -0.459. The normalized spacial score (nSPS) is 20.1. The van der Waals surface area contributed by atoms with Gasteiger partial charge in [-0.15, -0.1) is 0 Å². The maximum Gasteiger partial charge on any atom is 0.338 e. The summed E-state index contributed by atoms with van der Waals surface area (Å²) in [5, 5.41) is 0. The molecule has 33 heavy (non-hydrogen) atoms. The molecular formula is C26H44N5O2+. The molecule has 0 unspecified atom stereocenters. The van der Waals surface area contributed by atoms with Crippen LogP contribution in [0.15, 0.2) is 30.3 Å². The van der Waals surface area contributed by atoms with E-state index in [-0.39, 0.29) is 29.7 Å². The Balaban J connectivity index is 2.22. The molecule has 0 bridgehead atoms. The van der Waals surface area contributed by atoms with Gasteiger partial charge >= 0.3 is 5.96 Å². The van der Waals surface area contributed by atoms with Crippen LogP contribution in [0.4, 0.5) is 0 Å². The molecule has 0 aromatic heterocycles. The largest absolute Gasteiger partial charge is 0.338 e. The summed E-state index contributed by atoms with van der Waals surface area (Å²) in [6.07, 6.45) is 5.74. The number of nitrogens with zero attached hydrogens (tertiary/aromatic N) is 2. The summed E-state index contributed by atoms with van der Waals surface area (Å²) in [5.74, 6) is 0.384. The Morgan fingerprint density at radius 1 is 0.970 bits per heavy atom. The fourth-order valence-electron chi connectivity index (χ4n) is 4.36. The predicted octanol–water partition coefficient (Wildman–Crippen LogP) is 1.40. The molecule has 0 saturated carbocycles. The molecule has 2 rings (SSSR count).